The van der Waals surface area contributed by atoms with E-state index in [4.69, 9.17) is 0 Å². The van der Waals surface area contributed by atoms with Gasteiger partial charge in [0.2, 0.25) is 0 Å². The Labute approximate surface area is 115 Å². The summed E-state index contributed by atoms with van der Waals surface area (Å²) in [6, 6.07) is 0. The number of hydrogen-bond donors (Lipinski definition) is 2. The van der Waals surface area contributed by atoms with Crippen LogP contribution in [0.2, 0.25) is 0 Å². The lowest BCUT2D eigenvalue weighted by Gasteiger charge is -2.28. The molecule has 2 N–H and O–H groups in total. The van der Waals surface area contributed by atoms with Gasteiger partial charge in [-0.05, 0) is 32.6 Å². The predicted molar refractivity (Wildman–Crippen MR) is 78.8 cm³/mol. The Kier molecular flexibility index (Phi) is 7.09. The number of aliphatic hydroxyl groups is 1. The van der Waals surface area contributed by atoms with Crippen LogP contribution < -0.4 is 0 Å². The van der Waals surface area contributed by atoms with E-state index < -0.39 is 18.0 Å². The van der Waals surface area contributed by atoms with Crippen molar-refractivity contribution in [2.75, 3.05) is 0 Å². The number of carboxylic acids is 1. The molecular weight excluding hydrogens is 240 g/mol. The number of rotatable bonds is 9. The standard InChI is InChI=1S/C16H24O3/c1-7-12(6)8-9-13(10(2)3)14(16(18)19)15(17)11(4)5/h7,13-15,17H,1-2,4,6,8-9H2,3,5H3,(H,18,19). The number of hydrogen-bond acceptors (Lipinski definition) is 2. The van der Waals surface area contributed by atoms with Crippen molar-refractivity contribution in [1.29, 1.82) is 0 Å². The highest BCUT2D eigenvalue weighted by molar-refractivity contribution is 5.72. The third-order valence-corrected chi connectivity index (χ3v) is 3.26. The molecule has 0 radical (unpaired) electrons. The summed E-state index contributed by atoms with van der Waals surface area (Å²) in [6.07, 6.45) is 1.78. The minimum absolute atomic E-state index is 0.319. The van der Waals surface area contributed by atoms with Gasteiger partial charge in [0, 0.05) is 0 Å². The Morgan fingerprint density at radius 3 is 2.05 bits per heavy atom. The summed E-state index contributed by atoms with van der Waals surface area (Å²) in [7, 11) is 0. The van der Waals surface area contributed by atoms with Gasteiger partial charge in [-0.1, -0.05) is 49.1 Å². The quantitative estimate of drug-likeness (QED) is 0.496. The van der Waals surface area contributed by atoms with Crippen LogP contribution in [0, 0.1) is 11.8 Å². The average molecular weight is 264 g/mol. The molecule has 3 heteroatoms. The Hall–Kier alpha value is -1.61. The monoisotopic (exact) mass is 264 g/mol. The summed E-state index contributed by atoms with van der Waals surface area (Å²) in [5, 5.41) is 19.4. The summed E-state index contributed by atoms with van der Waals surface area (Å²) in [6.45, 7) is 18.3. The van der Waals surface area contributed by atoms with E-state index in [-0.39, 0.29) is 5.92 Å². The van der Waals surface area contributed by atoms with E-state index in [1.165, 1.54) is 0 Å². The van der Waals surface area contributed by atoms with Crippen molar-refractivity contribution in [3.63, 3.8) is 0 Å². The van der Waals surface area contributed by atoms with Gasteiger partial charge in [-0.3, -0.25) is 4.79 Å². The molecule has 0 aromatic carbocycles. The fourth-order valence-corrected chi connectivity index (χ4v) is 2.01. The maximum absolute atomic E-state index is 11.4. The van der Waals surface area contributed by atoms with Crippen LogP contribution in [-0.4, -0.2) is 22.3 Å². The predicted octanol–water partition coefficient (Wildman–Crippen LogP) is 3.34. The molecule has 106 valence electrons. The van der Waals surface area contributed by atoms with Crippen molar-refractivity contribution in [3.05, 3.63) is 49.1 Å². The van der Waals surface area contributed by atoms with Crippen molar-refractivity contribution in [1.82, 2.24) is 0 Å². The van der Waals surface area contributed by atoms with Crippen molar-refractivity contribution in [2.45, 2.75) is 32.8 Å². The van der Waals surface area contributed by atoms with Crippen LogP contribution >= 0.6 is 0 Å². The van der Waals surface area contributed by atoms with E-state index in [0.29, 0.717) is 18.4 Å². The number of aliphatic carboxylic acids is 1. The molecule has 0 rings (SSSR count). The molecule has 3 nitrogen and oxygen atoms in total. The first-order valence-electron chi connectivity index (χ1n) is 6.24. The second kappa shape index (κ2) is 7.74. The third-order valence-electron chi connectivity index (χ3n) is 3.26. The summed E-state index contributed by atoms with van der Waals surface area (Å²) < 4.78 is 0. The van der Waals surface area contributed by atoms with E-state index in [1.807, 2.05) is 0 Å². The van der Waals surface area contributed by atoms with E-state index in [0.717, 1.165) is 11.1 Å². The largest absolute Gasteiger partial charge is 0.481 e. The zero-order valence-electron chi connectivity index (χ0n) is 11.9. The fraction of sp³-hybridized carbons (Fsp3) is 0.438. The molecule has 0 amide bonds. The molecular formula is C16H24O3. The van der Waals surface area contributed by atoms with Crippen LogP contribution in [0.4, 0.5) is 0 Å². The van der Waals surface area contributed by atoms with Crippen LogP contribution in [0.5, 0.6) is 0 Å². The lowest BCUT2D eigenvalue weighted by molar-refractivity contribution is -0.147. The van der Waals surface area contributed by atoms with Crippen LogP contribution in [0.25, 0.3) is 0 Å². The molecule has 19 heavy (non-hydrogen) atoms. The fourth-order valence-electron chi connectivity index (χ4n) is 2.01. The van der Waals surface area contributed by atoms with Crippen LogP contribution in [0.15, 0.2) is 49.1 Å². The van der Waals surface area contributed by atoms with Crippen LogP contribution in [0.3, 0.4) is 0 Å². The molecule has 0 heterocycles. The highest BCUT2D eigenvalue weighted by atomic mass is 16.4. The zero-order chi connectivity index (χ0) is 15.2. The van der Waals surface area contributed by atoms with E-state index >= 15 is 0 Å². The van der Waals surface area contributed by atoms with Crippen molar-refractivity contribution >= 4 is 5.97 Å². The van der Waals surface area contributed by atoms with Crippen molar-refractivity contribution in [2.24, 2.45) is 11.8 Å². The van der Waals surface area contributed by atoms with Gasteiger partial charge in [0.15, 0.2) is 0 Å². The molecule has 0 aromatic heterocycles. The lowest BCUT2D eigenvalue weighted by atomic mass is 9.78. The molecule has 0 fully saturated rings. The second-order valence-corrected chi connectivity index (χ2v) is 5.01. The van der Waals surface area contributed by atoms with Gasteiger partial charge in [0.1, 0.15) is 0 Å². The minimum Gasteiger partial charge on any atom is -0.481 e. The maximum atomic E-state index is 11.4. The van der Waals surface area contributed by atoms with Gasteiger partial charge < -0.3 is 10.2 Å². The number of aliphatic hydroxyl groups excluding tert-OH is 1. The van der Waals surface area contributed by atoms with Gasteiger partial charge in [0.25, 0.3) is 0 Å². The number of carboxylic acid groups (broad SMARTS) is 1. The molecule has 0 aliphatic heterocycles. The molecule has 0 aromatic rings. The summed E-state index contributed by atoms with van der Waals surface area (Å²) in [4.78, 5) is 11.4. The SMILES string of the molecule is C=CC(=C)CCC(C(=C)C)C(C(=O)O)C(O)C(=C)C. The Balaban J connectivity index is 5.13. The van der Waals surface area contributed by atoms with Crippen LogP contribution in [-0.2, 0) is 4.79 Å². The van der Waals surface area contributed by atoms with Crippen LogP contribution in [0.1, 0.15) is 26.7 Å². The van der Waals surface area contributed by atoms with Crippen molar-refractivity contribution < 1.29 is 15.0 Å². The molecule has 0 saturated heterocycles. The Bertz CT molecular complexity index is 393. The highest BCUT2D eigenvalue weighted by Crippen LogP contribution is 2.31. The molecule has 0 aliphatic carbocycles. The molecule has 0 bridgehead atoms. The first-order chi connectivity index (χ1) is 8.72. The molecule has 0 aliphatic rings. The topological polar surface area (TPSA) is 57.5 Å². The average Bonchev–Trinajstić information content (AvgIpc) is 2.31. The highest BCUT2D eigenvalue weighted by Gasteiger charge is 2.35. The summed E-state index contributed by atoms with van der Waals surface area (Å²) in [5.74, 6) is -2.28. The van der Waals surface area contributed by atoms with Crippen molar-refractivity contribution in [3.8, 4) is 0 Å². The Morgan fingerprint density at radius 2 is 1.74 bits per heavy atom. The molecule has 0 saturated carbocycles. The third kappa shape index (κ3) is 5.26. The first-order valence-corrected chi connectivity index (χ1v) is 6.24. The Morgan fingerprint density at radius 1 is 1.21 bits per heavy atom. The number of carbonyl (C=O) groups is 1. The van der Waals surface area contributed by atoms with Gasteiger partial charge >= 0.3 is 5.97 Å². The maximum Gasteiger partial charge on any atom is 0.310 e. The van der Waals surface area contributed by atoms with Gasteiger partial charge in [0.05, 0.1) is 12.0 Å². The summed E-state index contributed by atoms with van der Waals surface area (Å²) in [5.41, 5.74) is 2.03. The van der Waals surface area contributed by atoms with E-state index in [1.54, 1.807) is 19.9 Å². The minimum atomic E-state index is -1.07. The summed E-state index contributed by atoms with van der Waals surface area (Å²) >= 11 is 0. The first kappa shape index (κ1) is 17.4. The molecule has 0 spiro atoms. The lowest BCUT2D eigenvalue weighted by Crippen LogP contribution is -2.35. The number of allylic oxidation sites excluding steroid dienone is 3. The molecule has 3 unspecified atom stereocenters. The molecule has 3 atom stereocenters. The van der Waals surface area contributed by atoms with E-state index in [2.05, 4.69) is 26.3 Å². The van der Waals surface area contributed by atoms with Gasteiger partial charge in [-0.25, -0.2) is 0 Å². The normalized spacial score (nSPS) is 15.1. The van der Waals surface area contributed by atoms with Gasteiger partial charge in [-0.2, -0.15) is 0 Å². The van der Waals surface area contributed by atoms with Gasteiger partial charge in [-0.15, -0.1) is 0 Å². The smallest absolute Gasteiger partial charge is 0.310 e. The second-order valence-electron chi connectivity index (χ2n) is 5.01. The zero-order valence-corrected chi connectivity index (χ0v) is 11.9. The van der Waals surface area contributed by atoms with E-state index in [9.17, 15) is 15.0 Å².